The topological polar surface area (TPSA) is 75.7 Å². The molecule has 6 nitrogen and oxygen atoms in total. The molecule has 1 aliphatic rings. The fourth-order valence-electron chi connectivity index (χ4n) is 2.84. The third-order valence-electron chi connectivity index (χ3n) is 4.32. The first-order valence-electron chi connectivity index (χ1n) is 7.80. The van der Waals surface area contributed by atoms with E-state index in [1.165, 1.54) is 6.07 Å². The van der Waals surface area contributed by atoms with E-state index in [1.807, 2.05) is 12.3 Å². The minimum atomic E-state index is -1.11. The van der Waals surface area contributed by atoms with Crippen LogP contribution in [0.2, 0.25) is 0 Å². The normalized spacial score (nSPS) is 15.8. The Hall–Kier alpha value is -2.50. The molecule has 0 unspecified atom stereocenters. The van der Waals surface area contributed by atoms with E-state index in [0.29, 0.717) is 5.76 Å². The maximum absolute atomic E-state index is 12.0. The number of pyridine rings is 1. The molecule has 0 aliphatic carbocycles. The van der Waals surface area contributed by atoms with Crippen LogP contribution in [0.3, 0.4) is 0 Å². The van der Waals surface area contributed by atoms with Gasteiger partial charge in [-0.3, -0.25) is 4.79 Å². The van der Waals surface area contributed by atoms with Gasteiger partial charge in [-0.25, -0.2) is 4.79 Å². The second kappa shape index (κ2) is 6.32. The van der Waals surface area contributed by atoms with E-state index in [9.17, 15) is 9.59 Å². The van der Waals surface area contributed by atoms with Crippen molar-refractivity contribution in [1.82, 2.24) is 4.57 Å². The molecule has 0 saturated carbocycles. The highest BCUT2D eigenvalue weighted by Crippen LogP contribution is 2.22. The zero-order valence-corrected chi connectivity index (χ0v) is 13.1. The van der Waals surface area contributed by atoms with Crippen molar-refractivity contribution in [3.63, 3.8) is 0 Å². The lowest BCUT2D eigenvalue weighted by atomic mass is 9.99. The number of carboxylic acid groups (broad SMARTS) is 1. The second-order valence-electron chi connectivity index (χ2n) is 6.09. The maximum atomic E-state index is 12.0. The first kappa shape index (κ1) is 15.4. The molecule has 1 aliphatic heterocycles. The summed E-state index contributed by atoms with van der Waals surface area (Å²) in [6.45, 7) is 4.46. The molecular weight excluding hydrogens is 296 g/mol. The molecule has 3 heterocycles. The molecule has 0 bridgehead atoms. The highest BCUT2D eigenvalue weighted by Gasteiger charge is 2.17. The van der Waals surface area contributed by atoms with Gasteiger partial charge in [-0.05, 0) is 37.0 Å². The predicted molar refractivity (Wildman–Crippen MR) is 86.1 cm³/mol. The third-order valence-corrected chi connectivity index (χ3v) is 4.32. The summed E-state index contributed by atoms with van der Waals surface area (Å²) >= 11 is 0. The monoisotopic (exact) mass is 316 g/mol. The average Bonchev–Trinajstić information content (AvgIpc) is 2.99. The fourth-order valence-corrected chi connectivity index (χ4v) is 2.84. The van der Waals surface area contributed by atoms with Crippen molar-refractivity contribution >= 4 is 11.7 Å². The van der Waals surface area contributed by atoms with Crippen molar-refractivity contribution in [1.29, 1.82) is 0 Å². The van der Waals surface area contributed by atoms with Gasteiger partial charge in [-0.2, -0.15) is 0 Å². The SMILES string of the molecule is CC1CCN(c2ccc(=O)n(Cc3ccc(C(=O)O)o3)c2)CC1. The predicted octanol–water partition coefficient (Wildman–Crippen LogP) is 2.42. The van der Waals surface area contributed by atoms with Crippen molar-refractivity contribution in [2.75, 3.05) is 18.0 Å². The number of anilines is 1. The molecule has 1 fully saturated rings. The van der Waals surface area contributed by atoms with Gasteiger partial charge in [0, 0.05) is 25.4 Å². The number of carboxylic acids is 1. The number of carbonyl (C=O) groups is 1. The number of aromatic nitrogens is 1. The standard InChI is InChI=1S/C17H20N2O4/c1-12-6-8-18(9-7-12)13-2-5-16(20)19(10-13)11-14-3-4-15(23-14)17(21)22/h2-5,10,12H,6-9,11H2,1H3,(H,21,22). The average molecular weight is 316 g/mol. The van der Waals surface area contributed by atoms with Gasteiger partial charge in [-0.1, -0.05) is 6.92 Å². The molecule has 0 amide bonds. The Balaban J connectivity index is 1.80. The molecule has 0 atom stereocenters. The zero-order valence-electron chi connectivity index (χ0n) is 13.1. The lowest BCUT2D eigenvalue weighted by Crippen LogP contribution is -2.33. The van der Waals surface area contributed by atoms with Gasteiger partial charge >= 0.3 is 5.97 Å². The number of hydrogen-bond donors (Lipinski definition) is 1. The minimum Gasteiger partial charge on any atom is -0.475 e. The van der Waals surface area contributed by atoms with E-state index >= 15 is 0 Å². The van der Waals surface area contributed by atoms with Gasteiger partial charge in [0.05, 0.1) is 12.2 Å². The van der Waals surface area contributed by atoms with Crippen LogP contribution >= 0.6 is 0 Å². The summed E-state index contributed by atoms with van der Waals surface area (Å²) in [6.07, 6.45) is 4.12. The molecule has 1 saturated heterocycles. The van der Waals surface area contributed by atoms with Gasteiger partial charge in [0.15, 0.2) is 0 Å². The summed E-state index contributed by atoms with van der Waals surface area (Å²) in [5.74, 6) is -0.0300. The number of aromatic carboxylic acids is 1. The van der Waals surface area contributed by atoms with E-state index in [1.54, 1.807) is 16.7 Å². The van der Waals surface area contributed by atoms with Crippen LogP contribution in [0.25, 0.3) is 0 Å². The van der Waals surface area contributed by atoms with Gasteiger partial charge in [0.1, 0.15) is 5.76 Å². The minimum absolute atomic E-state index is 0.116. The molecule has 0 radical (unpaired) electrons. The third kappa shape index (κ3) is 3.47. The molecule has 6 heteroatoms. The van der Waals surface area contributed by atoms with E-state index in [-0.39, 0.29) is 17.9 Å². The first-order valence-corrected chi connectivity index (χ1v) is 7.80. The number of piperidine rings is 1. The van der Waals surface area contributed by atoms with Crippen molar-refractivity contribution in [3.8, 4) is 0 Å². The molecular formula is C17H20N2O4. The molecule has 0 aromatic carbocycles. The quantitative estimate of drug-likeness (QED) is 0.937. The Morgan fingerprint density at radius 2 is 2.00 bits per heavy atom. The summed E-state index contributed by atoms with van der Waals surface area (Å²) < 4.78 is 6.78. The van der Waals surface area contributed by atoms with Crippen LogP contribution in [0, 0.1) is 5.92 Å². The van der Waals surface area contributed by atoms with Gasteiger partial charge in [0.25, 0.3) is 5.56 Å². The summed E-state index contributed by atoms with van der Waals surface area (Å²) in [5, 5.41) is 8.89. The summed E-state index contributed by atoms with van der Waals surface area (Å²) in [6, 6.07) is 6.39. The Morgan fingerprint density at radius 3 is 2.65 bits per heavy atom. The van der Waals surface area contributed by atoms with E-state index < -0.39 is 5.97 Å². The summed E-state index contributed by atoms with van der Waals surface area (Å²) in [4.78, 5) is 25.2. The van der Waals surface area contributed by atoms with E-state index in [0.717, 1.165) is 37.5 Å². The molecule has 2 aromatic rings. The summed E-state index contributed by atoms with van der Waals surface area (Å²) in [7, 11) is 0. The molecule has 3 rings (SSSR count). The maximum Gasteiger partial charge on any atom is 0.371 e. The van der Waals surface area contributed by atoms with Crippen LogP contribution in [-0.4, -0.2) is 28.7 Å². The van der Waals surface area contributed by atoms with Crippen LogP contribution < -0.4 is 10.5 Å². The molecule has 1 N–H and O–H groups in total. The zero-order chi connectivity index (χ0) is 16.4. The Labute approximate surface area is 134 Å². The van der Waals surface area contributed by atoms with Crippen molar-refractivity contribution < 1.29 is 14.3 Å². The number of rotatable bonds is 4. The van der Waals surface area contributed by atoms with Crippen LogP contribution in [-0.2, 0) is 6.54 Å². The van der Waals surface area contributed by atoms with Gasteiger partial charge in [-0.15, -0.1) is 0 Å². The van der Waals surface area contributed by atoms with Crippen LogP contribution in [0.1, 0.15) is 36.1 Å². The second-order valence-corrected chi connectivity index (χ2v) is 6.09. The van der Waals surface area contributed by atoms with Crippen molar-refractivity contribution in [2.24, 2.45) is 5.92 Å². The lowest BCUT2D eigenvalue weighted by Gasteiger charge is -2.32. The Morgan fingerprint density at radius 1 is 1.26 bits per heavy atom. The highest BCUT2D eigenvalue weighted by atomic mass is 16.4. The highest BCUT2D eigenvalue weighted by molar-refractivity contribution is 5.84. The molecule has 122 valence electrons. The van der Waals surface area contributed by atoms with Gasteiger partial charge in [0.2, 0.25) is 5.76 Å². The number of furan rings is 1. The Bertz CT molecular complexity index is 754. The Kier molecular flexibility index (Phi) is 4.23. The molecule has 23 heavy (non-hydrogen) atoms. The smallest absolute Gasteiger partial charge is 0.371 e. The van der Waals surface area contributed by atoms with Crippen LogP contribution in [0.15, 0.2) is 39.7 Å². The van der Waals surface area contributed by atoms with Crippen LogP contribution in [0.5, 0.6) is 0 Å². The number of hydrogen-bond acceptors (Lipinski definition) is 4. The van der Waals surface area contributed by atoms with Gasteiger partial charge < -0.3 is 19.0 Å². The summed E-state index contributed by atoms with van der Waals surface area (Å²) in [5.41, 5.74) is 0.883. The largest absolute Gasteiger partial charge is 0.475 e. The lowest BCUT2D eigenvalue weighted by molar-refractivity contribution is 0.0660. The van der Waals surface area contributed by atoms with Crippen molar-refractivity contribution in [2.45, 2.75) is 26.3 Å². The van der Waals surface area contributed by atoms with Crippen LogP contribution in [0.4, 0.5) is 5.69 Å². The van der Waals surface area contributed by atoms with E-state index in [4.69, 9.17) is 9.52 Å². The number of nitrogens with zero attached hydrogens (tertiary/aromatic N) is 2. The van der Waals surface area contributed by atoms with Crippen molar-refractivity contribution in [3.05, 3.63) is 52.3 Å². The molecule has 0 spiro atoms. The molecule has 2 aromatic heterocycles. The van der Waals surface area contributed by atoms with E-state index in [2.05, 4.69) is 11.8 Å². The fraction of sp³-hybridized carbons (Fsp3) is 0.412. The first-order chi connectivity index (χ1) is 11.0.